The SMILES string of the molecule is [B][C@H]1CC(OPC)[C@@]2(COP(C)(=O)C2)O1. The molecule has 0 aliphatic carbocycles. The molecule has 5 atom stereocenters. The van der Waals surface area contributed by atoms with E-state index in [2.05, 4.69) is 0 Å². The van der Waals surface area contributed by atoms with Gasteiger partial charge in [-0.25, -0.2) is 0 Å². The van der Waals surface area contributed by atoms with Crippen LogP contribution in [0.2, 0.25) is 0 Å². The van der Waals surface area contributed by atoms with E-state index in [0.717, 1.165) is 0 Å². The maximum Gasteiger partial charge on any atom is 0.203 e. The van der Waals surface area contributed by atoms with Crippen LogP contribution in [0.1, 0.15) is 6.42 Å². The van der Waals surface area contributed by atoms with Gasteiger partial charge in [-0.2, -0.15) is 0 Å². The van der Waals surface area contributed by atoms with Crippen LogP contribution in [0.25, 0.3) is 0 Å². The summed E-state index contributed by atoms with van der Waals surface area (Å²) in [6.45, 7) is 3.93. The highest BCUT2D eigenvalue weighted by atomic mass is 31.2. The van der Waals surface area contributed by atoms with Crippen molar-refractivity contribution in [2.45, 2.75) is 24.1 Å². The molecule has 0 saturated carbocycles. The van der Waals surface area contributed by atoms with Crippen LogP contribution in [0, 0.1) is 0 Å². The number of ether oxygens (including phenoxy) is 1. The standard InChI is InChI=1S/C8H15BO4P2/c1-14-13-6-3-7(9)12-8(6)4-11-15(2,10)5-8/h6-7,14H,3-5H2,1-2H3/t6?,7-,8+,15?/m1/s1. The molecule has 2 saturated heterocycles. The van der Waals surface area contributed by atoms with Crippen molar-refractivity contribution in [3.63, 3.8) is 0 Å². The van der Waals surface area contributed by atoms with Gasteiger partial charge in [-0.05, 0) is 13.1 Å². The molecule has 2 heterocycles. The lowest BCUT2D eigenvalue weighted by Crippen LogP contribution is -2.43. The van der Waals surface area contributed by atoms with Gasteiger partial charge in [0.1, 0.15) is 13.4 Å². The molecule has 15 heavy (non-hydrogen) atoms. The zero-order chi connectivity index (χ0) is 11.1. The quantitative estimate of drug-likeness (QED) is 0.543. The van der Waals surface area contributed by atoms with E-state index in [1.165, 1.54) is 0 Å². The van der Waals surface area contributed by atoms with E-state index in [1.54, 1.807) is 6.66 Å². The monoisotopic (exact) mass is 248 g/mol. The Hall–Kier alpha value is 0.605. The van der Waals surface area contributed by atoms with E-state index in [4.69, 9.17) is 21.6 Å². The summed E-state index contributed by atoms with van der Waals surface area (Å²) >= 11 is 0. The molecular weight excluding hydrogens is 233 g/mol. The molecule has 0 bridgehead atoms. The van der Waals surface area contributed by atoms with Gasteiger partial charge in [0, 0.05) is 21.5 Å². The molecule has 0 aromatic rings. The Morgan fingerprint density at radius 2 is 2.40 bits per heavy atom. The summed E-state index contributed by atoms with van der Waals surface area (Å²) in [6, 6.07) is -0.326. The molecule has 84 valence electrons. The molecule has 2 aliphatic rings. The summed E-state index contributed by atoms with van der Waals surface area (Å²) in [4.78, 5) is 0. The van der Waals surface area contributed by atoms with E-state index in [1.807, 2.05) is 6.66 Å². The predicted molar refractivity (Wildman–Crippen MR) is 61.4 cm³/mol. The Kier molecular flexibility index (Phi) is 3.32. The van der Waals surface area contributed by atoms with Crippen LogP contribution in [0.15, 0.2) is 0 Å². The lowest BCUT2D eigenvalue weighted by molar-refractivity contribution is -0.0486. The maximum absolute atomic E-state index is 11.8. The van der Waals surface area contributed by atoms with Crippen LogP contribution in [-0.4, -0.2) is 51.7 Å². The topological polar surface area (TPSA) is 44.8 Å². The van der Waals surface area contributed by atoms with Crippen molar-refractivity contribution in [3.05, 3.63) is 0 Å². The second-order valence-electron chi connectivity index (χ2n) is 4.21. The van der Waals surface area contributed by atoms with Crippen molar-refractivity contribution in [1.82, 2.24) is 0 Å². The largest absolute Gasteiger partial charge is 0.376 e. The normalized spacial score (nSPS) is 51.1. The summed E-state index contributed by atoms with van der Waals surface area (Å²) in [5.41, 5.74) is -0.563. The molecule has 2 rings (SSSR count). The average molecular weight is 248 g/mol. The van der Waals surface area contributed by atoms with Crippen molar-refractivity contribution >= 4 is 24.0 Å². The zero-order valence-corrected chi connectivity index (χ0v) is 10.8. The molecule has 1 spiro atoms. The Balaban J connectivity index is 2.16. The van der Waals surface area contributed by atoms with Gasteiger partial charge < -0.3 is 13.8 Å². The average Bonchev–Trinajstić information content (AvgIpc) is 2.56. The van der Waals surface area contributed by atoms with Gasteiger partial charge in [-0.1, -0.05) is 0 Å². The molecule has 2 radical (unpaired) electrons. The number of hydrogen-bond donors (Lipinski definition) is 0. The van der Waals surface area contributed by atoms with Crippen LogP contribution < -0.4 is 0 Å². The van der Waals surface area contributed by atoms with E-state index in [-0.39, 0.29) is 12.1 Å². The van der Waals surface area contributed by atoms with Crippen LogP contribution in [-0.2, 0) is 18.3 Å². The second kappa shape index (κ2) is 4.12. The molecule has 7 heteroatoms. The fraction of sp³-hybridized carbons (Fsp3) is 1.00. The summed E-state index contributed by atoms with van der Waals surface area (Å²) in [5, 5.41) is 0. The van der Waals surface area contributed by atoms with Crippen molar-refractivity contribution in [2.24, 2.45) is 0 Å². The van der Waals surface area contributed by atoms with Gasteiger partial charge in [-0.3, -0.25) is 4.57 Å². The molecule has 0 aromatic carbocycles. The van der Waals surface area contributed by atoms with Crippen LogP contribution in [0.4, 0.5) is 0 Å². The van der Waals surface area contributed by atoms with Gasteiger partial charge in [0.2, 0.25) is 7.37 Å². The van der Waals surface area contributed by atoms with E-state index in [0.29, 0.717) is 28.0 Å². The summed E-state index contributed by atoms with van der Waals surface area (Å²) in [6.07, 6.45) is 0.999. The Morgan fingerprint density at radius 3 is 2.93 bits per heavy atom. The van der Waals surface area contributed by atoms with E-state index >= 15 is 0 Å². The Morgan fingerprint density at radius 1 is 1.67 bits per heavy atom. The molecule has 4 nitrogen and oxygen atoms in total. The summed E-state index contributed by atoms with van der Waals surface area (Å²) in [5.74, 6) is 0. The maximum atomic E-state index is 11.8. The molecule has 2 aliphatic heterocycles. The minimum Gasteiger partial charge on any atom is -0.376 e. The molecule has 0 aromatic heterocycles. The first-order valence-electron chi connectivity index (χ1n) is 4.94. The minimum absolute atomic E-state index is 0.0772. The summed E-state index contributed by atoms with van der Waals surface area (Å²) < 4.78 is 28.4. The highest BCUT2D eigenvalue weighted by molar-refractivity contribution is 7.58. The van der Waals surface area contributed by atoms with Gasteiger partial charge >= 0.3 is 0 Å². The lowest BCUT2D eigenvalue weighted by Gasteiger charge is -2.27. The third kappa shape index (κ3) is 2.32. The summed E-state index contributed by atoms with van der Waals surface area (Å²) in [7, 11) is 3.63. The first-order valence-corrected chi connectivity index (χ1v) is 8.61. The minimum atomic E-state index is -2.50. The van der Waals surface area contributed by atoms with Gasteiger partial charge in [0.15, 0.2) is 0 Å². The fourth-order valence-electron chi connectivity index (χ4n) is 2.24. The third-order valence-corrected chi connectivity index (χ3v) is 5.12. The molecule has 2 fully saturated rings. The van der Waals surface area contributed by atoms with Crippen LogP contribution >= 0.6 is 16.2 Å². The third-order valence-electron chi connectivity index (χ3n) is 2.82. The molecule has 3 unspecified atom stereocenters. The van der Waals surface area contributed by atoms with Crippen molar-refractivity contribution < 1.29 is 18.3 Å². The smallest absolute Gasteiger partial charge is 0.203 e. The van der Waals surface area contributed by atoms with Crippen molar-refractivity contribution in [2.75, 3.05) is 26.1 Å². The lowest BCUT2D eigenvalue weighted by atomic mass is 9.93. The van der Waals surface area contributed by atoms with E-state index < -0.39 is 13.0 Å². The van der Waals surface area contributed by atoms with Crippen LogP contribution in [0.3, 0.4) is 0 Å². The number of hydrogen-bond acceptors (Lipinski definition) is 4. The van der Waals surface area contributed by atoms with Crippen molar-refractivity contribution in [1.29, 1.82) is 0 Å². The zero-order valence-electron chi connectivity index (χ0n) is 8.93. The van der Waals surface area contributed by atoms with Gasteiger partial charge in [-0.15, -0.1) is 0 Å². The Bertz CT molecular complexity index is 300. The second-order valence-corrected chi connectivity index (χ2v) is 7.46. The first-order chi connectivity index (χ1) is 6.97. The molecule has 0 N–H and O–H groups in total. The van der Waals surface area contributed by atoms with Gasteiger partial charge in [0.25, 0.3) is 0 Å². The highest BCUT2D eigenvalue weighted by Crippen LogP contribution is 2.56. The fourth-order valence-corrected chi connectivity index (χ4v) is 4.76. The molecule has 0 amide bonds. The number of rotatable bonds is 2. The first kappa shape index (κ1) is 12.1. The van der Waals surface area contributed by atoms with E-state index in [9.17, 15) is 4.57 Å². The van der Waals surface area contributed by atoms with Gasteiger partial charge in [0.05, 0.1) is 18.9 Å². The Labute approximate surface area is 93.2 Å². The molecular formula is C8H15BO4P2. The van der Waals surface area contributed by atoms with Crippen molar-refractivity contribution in [3.8, 4) is 0 Å². The van der Waals surface area contributed by atoms with Crippen LogP contribution in [0.5, 0.6) is 0 Å². The highest BCUT2D eigenvalue weighted by Gasteiger charge is 2.55. The predicted octanol–water partition coefficient (Wildman–Crippen LogP) is 1.19.